The number of nitrogens with one attached hydrogen (secondary N) is 2. The molecular weight excluding hydrogens is 378 g/mol. The zero-order chi connectivity index (χ0) is 19.2. The van der Waals surface area contributed by atoms with E-state index < -0.39 is 0 Å². The van der Waals surface area contributed by atoms with Crippen LogP contribution in [0.25, 0.3) is 0 Å². The van der Waals surface area contributed by atoms with Gasteiger partial charge >= 0.3 is 0 Å². The molecule has 0 unspecified atom stereocenters. The van der Waals surface area contributed by atoms with Gasteiger partial charge in [0, 0.05) is 42.6 Å². The number of benzene rings is 1. The predicted octanol–water partition coefficient (Wildman–Crippen LogP) is 3.74. The topological polar surface area (TPSA) is 52.6 Å². The van der Waals surface area contributed by atoms with Crippen molar-refractivity contribution in [2.24, 2.45) is 4.99 Å². The monoisotopic (exact) mass is 405 g/mol. The van der Waals surface area contributed by atoms with Gasteiger partial charge in [-0.2, -0.15) is 0 Å². The predicted molar refractivity (Wildman–Crippen MR) is 115 cm³/mol. The third-order valence-electron chi connectivity index (χ3n) is 4.95. The Morgan fingerprint density at radius 2 is 1.96 bits per heavy atom. The first-order valence-corrected chi connectivity index (χ1v) is 10.6. The van der Waals surface area contributed by atoms with E-state index in [-0.39, 0.29) is 0 Å². The van der Waals surface area contributed by atoms with Crippen molar-refractivity contribution in [3.05, 3.63) is 50.4 Å². The van der Waals surface area contributed by atoms with E-state index in [4.69, 9.17) is 11.6 Å². The number of aromatic nitrogens is 1. The number of guanidine groups is 1. The van der Waals surface area contributed by atoms with Crippen LogP contribution in [-0.4, -0.2) is 42.0 Å². The van der Waals surface area contributed by atoms with Crippen LogP contribution in [-0.2, 0) is 13.1 Å². The van der Waals surface area contributed by atoms with E-state index in [0.29, 0.717) is 12.6 Å². The highest BCUT2D eigenvalue weighted by molar-refractivity contribution is 7.11. The molecule has 1 saturated heterocycles. The van der Waals surface area contributed by atoms with Crippen LogP contribution in [0.5, 0.6) is 0 Å². The molecule has 27 heavy (non-hydrogen) atoms. The highest BCUT2D eigenvalue weighted by Crippen LogP contribution is 2.17. The van der Waals surface area contributed by atoms with E-state index in [1.54, 1.807) is 11.3 Å². The maximum Gasteiger partial charge on any atom is 0.191 e. The Balaban J connectivity index is 1.42. The van der Waals surface area contributed by atoms with E-state index >= 15 is 0 Å². The van der Waals surface area contributed by atoms with E-state index in [9.17, 15) is 0 Å². The second-order valence-electron chi connectivity index (χ2n) is 7.00. The van der Waals surface area contributed by atoms with Gasteiger partial charge in [-0.1, -0.05) is 23.7 Å². The maximum absolute atomic E-state index is 5.97. The van der Waals surface area contributed by atoms with Gasteiger partial charge in [-0.3, -0.25) is 9.89 Å². The summed E-state index contributed by atoms with van der Waals surface area (Å²) in [6, 6.07) is 8.61. The number of hydrogen-bond acceptors (Lipinski definition) is 4. The lowest BCUT2D eigenvalue weighted by atomic mass is 10.0. The Morgan fingerprint density at radius 3 is 2.56 bits per heavy atom. The van der Waals surface area contributed by atoms with E-state index in [2.05, 4.69) is 51.5 Å². The molecule has 0 saturated carbocycles. The summed E-state index contributed by atoms with van der Waals surface area (Å²) in [4.78, 5) is 12.7. The van der Waals surface area contributed by atoms with Crippen LogP contribution in [0, 0.1) is 13.8 Å². The highest BCUT2D eigenvalue weighted by atomic mass is 35.5. The number of thiazole rings is 1. The van der Waals surface area contributed by atoms with Crippen molar-refractivity contribution in [3.63, 3.8) is 0 Å². The van der Waals surface area contributed by atoms with Crippen molar-refractivity contribution in [2.75, 3.05) is 20.1 Å². The molecule has 3 rings (SSSR count). The first kappa shape index (κ1) is 20.1. The van der Waals surface area contributed by atoms with Crippen LogP contribution in [0.15, 0.2) is 29.3 Å². The van der Waals surface area contributed by atoms with Gasteiger partial charge < -0.3 is 10.6 Å². The molecule has 0 radical (unpaired) electrons. The fraction of sp³-hybridized carbons (Fsp3) is 0.500. The summed E-state index contributed by atoms with van der Waals surface area (Å²) in [5.74, 6) is 0.858. The molecule has 2 aromatic rings. The van der Waals surface area contributed by atoms with E-state index in [1.165, 1.54) is 10.4 Å². The zero-order valence-electron chi connectivity index (χ0n) is 16.3. The lowest BCUT2D eigenvalue weighted by Gasteiger charge is -2.33. The van der Waals surface area contributed by atoms with Gasteiger partial charge in [-0.25, -0.2) is 4.98 Å². The molecule has 1 aliphatic heterocycles. The van der Waals surface area contributed by atoms with E-state index in [0.717, 1.165) is 54.2 Å². The van der Waals surface area contributed by atoms with Gasteiger partial charge in [0.1, 0.15) is 5.01 Å². The van der Waals surface area contributed by atoms with Gasteiger partial charge in [0.15, 0.2) is 5.96 Å². The zero-order valence-corrected chi connectivity index (χ0v) is 17.8. The smallest absolute Gasteiger partial charge is 0.191 e. The molecule has 0 atom stereocenters. The summed E-state index contributed by atoms with van der Waals surface area (Å²) in [5, 5.41) is 8.85. The summed E-state index contributed by atoms with van der Waals surface area (Å²) in [6.07, 6.45) is 2.23. The van der Waals surface area contributed by atoms with Crippen molar-refractivity contribution in [1.82, 2.24) is 20.5 Å². The van der Waals surface area contributed by atoms with Crippen molar-refractivity contribution >= 4 is 28.9 Å². The van der Waals surface area contributed by atoms with Crippen molar-refractivity contribution < 1.29 is 0 Å². The summed E-state index contributed by atoms with van der Waals surface area (Å²) in [7, 11) is 1.82. The molecule has 7 heteroatoms. The number of rotatable bonds is 5. The van der Waals surface area contributed by atoms with Crippen LogP contribution in [0.4, 0.5) is 0 Å². The molecule has 2 heterocycles. The summed E-state index contributed by atoms with van der Waals surface area (Å²) in [6.45, 7) is 8.04. The molecule has 0 amide bonds. The number of aliphatic imine (C=N–C) groups is 1. The van der Waals surface area contributed by atoms with Crippen LogP contribution >= 0.6 is 22.9 Å². The first-order chi connectivity index (χ1) is 13.0. The Kier molecular flexibility index (Phi) is 7.10. The Hall–Kier alpha value is -1.63. The number of hydrogen-bond donors (Lipinski definition) is 2. The first-order valence-electron chi connectivity index (χ1n) is 9.40. The van der Waals surface area contributed by atoms with Gasteiger partial charge in [0.2, 0.25) is 0 Å². The lowest BCUT2D eigenvalue weighted by molar-refractivity contribution is 0.198. The number of likely N-dealkylation sites (tertiary alicyclic amines) is 1. The Morgan fingerprint density at radius 1 is 1.26 bits per heavy atom. The lowest BCUT2D eigenvalue weighted by Crippen LogP contribution is -2.48. The minimum absolute atomic E-state index is 0.456. The summed E-state index contributed by atoms with van der Waals surface area (Å²) < 4.78 is 0. The van der Waals surface area contributed by atoms with Gasteiger partial charge in [0.05, 0.1) is 12.2 Å². The van der Waals surface area contributed by atoms with Crippen molar-refractivity contribution in [1.29, 1.82) is 0 Å². The van der Waals surface area contributed by atoms with Crippen molar-refractivity contribution in [2.45, 2.75) is 45.8 Å². The summed E-state index contributed by atoms with van der Waals surface area (Å²) >= 11 is 7.71. The molecule has 5 nitrogen and oxygen atoms in total. The molecule has 1 aromatic heterocycles. The van der Waals surface area contributed by atoms with Gasteiger partial charge in [0.25, 0.3) is 0 Å². The largest absolute Gasteiger partial charge is 0.354 e. The molecule has 0 bridgehead atoms. The van der Waals surface area contributed by atoms with Crippen LogP contribution in [0.2, 0.25) is 5.02 Å². The molecule has 1 fully saturated rings. The number of halogens is 1. The Labute approximate surface area is 170 Å². The average molecular weight is 406 g/mol. The molecule has 0 spiro atoms. The summed E-state index contributed by atoms with van der Waals surface area (Å²) in [5.41, 5.74) is 2.44. The van der Waals surface area contributed by atoms with Crippen LogP contribution in [0.3, 0.4) is 0 Å². The minimum atomic E-state index is 0.456. The fourth-order valence-corrected chi connectivity index (χ4v) is 4.25. The van der Waals surface area contributed by atoms with Crippen LogP contribution in [0.1, 0.15) is 34.0 Å². The standard InChI is InChI=1S/C20H28ClN5S/c1-14-15(2)27-19(24-14)12-23-20(22-3)25-18-8-10-26(11-9-18)13-16-4-6-17(21)7-5-16/h4-7,18H,8-13H2,1-3H3,(H2,22,23,25). The van der Waals surface area contributed by atoms with Gasteiger partial charge in [-0.15, -0.1) is 11.3 Å². The van der Waals surface area contributed by atoms with Crippen LogP contribution < -0.4 is 10.6 Å². The maximum atomic E-state index is 5.97. The number of piperidine rings is 1. The quantitative estimate of drug-likeness (QED) is 0.587. The molecule has 2 N–H and O–H groups in total. The Bertz CT molecular complexity index is 744. The second-order valence-corrected chi connectivity index (χ2v) is 8.72. The SMILES string of the molecule is CN=C(NCc1nc(C)c(C)s1)NC1CCN(Cc2ccc(Cl)cc2)CC1. The minimum Gasteiger partial charge on any atom is -0.354 e. The molecule has 1 aromatic carbocycles. The number of aryl methyl sites for hydroxylation is 2. The number of nitrogens with zero attached hydrogens (tertiary/aromatic N) is 3. The third kappa shape index (κ3) is 5.92. The molecular formula is C20H28ClN5S. The fourth-order valence-electron chi connectivity index (χ4n) is 3.25. The highest BCUT2D eigenvalue weighted by Gasteiger charge is 2.20. The normalized spacial score (nSPS) is 16.5. The van der Waals surface area contributed by atoms with Gasteiger partial charge in [-0.05, 0) is 44.4 Å². The molecule has 1 aliphatic rings. The van der Waals surface area contributed by atoms with Crippen molar-refractivity contribution in [3.8, 4) is 0 Å². The molecule has 0 aliphatic carbocycles. The third-order valence-corrected chi connectivity index (χ3v) is 6.28. The average Bonchev–Trinajstić information content (AvgIpc) is 2.99. The second kappa shape index (κ2) is 9.53. The van der Waals surface area contributed by atoms with E-state index in [1.807, 2.05) is 19.2 Å². The molecule has 146 valence electrons.